The fourth-order valence-corrected chi connectivity index (χ4v) is 0.747. The molecule has 7 heteroatoms. The Kier molecular flexibility index (Phi) is 1.93. The van der Waals surface area contributed by atoms with Gasteiger partial charge in [0.05, 0.1) is 6.20 Å². The van der Waals surface area contributed by atoms with Crippen LogP contribution in [0.2, 0.25) is 0 Å². The maximum atomic E-state index is 10.6. The lowest BCUT2D eigenvalue weighted by Gasteiger charge is -1.77. The molecule has 1 aromatic heterocycles. The Bertz CT molecular complexity index is 273. The summed E-state index contributed by atoms with van der Waals surface area (Å²) in [5.41, 5.74) is 7.84. The molecule has 1 rings (SSSR count). The van der Waals surface area contributed by atoms with E-state index in [0.29, 0.717) is 0 Å². The molecule has 0 saturated carbocycles. The lowest BCUT2D eigenvalue weighted by atomic mass is 10.5. The first-order valence-electron chi connectivity index (χ1n) is 2.21. The Balaban J connectivity index is 2.87. The van der Waals surface area contributed by atoms with E-state index >= 15 is 0 Å². The second-order valence-electron chi connectivity index (χ2n) is 1.28. The Labute approximate surface area is 59.3 Å². The maximum Gasteiger partial charge on any atom is 0.262 e. The van der Waals surface area contributed by atoms with Gasteiger partial charge in [-0.05, 0) is 22.2 Å². The van der Waals surface area contributed by atoms with Gasteiger partial charge < -0.3 is 0 Å². The highest BCUT2D eigenvalue weighted by atomic mass is 32.1. The molecule has 0 unspecified atom stereocenters. The normalized spacial score (nSPS) is 8.40. The predicted octanol–water partition coefficient (Wildman–Crippen LogP) is 0.989. The Hall–Kier alpha value is -1.46. The van der Waals surface area contributed by atoms with Crippen LogP contribution in [0.25, 0.3) is 10.4 Å². The third-order valence-corrected chi connectivity index (χ3v) is 1.36. The SMILES string of the molecule is [N-]=[N+]=NC(=O)c1cnns1. The van der Waals surface area contributed by atoms with Crippen molar-refractivity contribution in [2.75, 3.05) is 0 Å². The van der Waals surface area contributed by atoms with Crippen LogP contribution < -0.4 is 0 Å². The minimum Gasteiger partial charge on any atom is -0.286 e. The van der Waals surface area contributed by atoms with E-state index in [4.69, 9.17) is 5.53 Å². The van der Waals surface area contributed by atoms with Crippen molar-refractivity contribution in [2.24, 2.45) is 5.11 Å². The first-order valence-corrected chi connectivity index (χ1v) is 2.98. The first kappa shape index (κ1) is 6.66. The van der Waals surface area contributed by atoms with Gasteiger partial charge in [-0.2, -0.15) is 0 Å². The van der Waals surface area contributed by atoms with Crippen LogP contribution >= 0.6 is 11.5 Å². The van der Waals surface area contributed by atoms with Gasteiger partial charge in [-0.25, -0.2) is 0 Å². The predicted molar refractivity (Wildman–Crippen MR) is 33.4 cm³/mol. The molecule has 0 aromatic carbocycles. The van der Waals surface area contributed by atoms with Crippen LogP contribution in [-0.2, 0) is 0 Å². The van der Waals surface area contributed by atoms with E-state index in [2.05, 4.69) is 19.6 Å². The summed E-state index contributed by atoms with van der Waals surface area (Å²) in [4.78, 5) is 13.2. The van der Waals surface area contributed by atoms with Crippen molar-refractivity contribution < 1.29 is 4.79 Å². The summed E-state index contributed by atoms with van der Waals surface area (Å²) in [7, 11) is 0. The van der Waals surface area contributed by atoms with Gasteiger partial charge in [-0.3, -0.25) is 4.79 Å². The average molecular weight is 155 g/mol. The minimum absolute atomic E-state index is 0.248. The van der Waals surface area contributed by atoms with E-state index in [1.807, 2.05) is 0 Å². The third-order valence-electron chi connectivity index (χ3n) is 0.708. The molecule has 0 spiro atoms. The smallest absolute Gasteiger partial charge is 0.262 e. The van der Waals surface area contributed by atoms with Crippen molar-refractivity contribution in [3.8, 4) is 0 Å². The van der Waals surface area contributed by atoms with Gasteiger partial charge >= 0.3 is 0 Å². The number of nitrogens with zero attached hydrogens (tertiary/aromatic N) is 5. The molecule has 1 aromatic rings. The largest absolute Gasteiger partial charge is 0.286 e. The van der Waals surface area contributed by atoms with Gasteiger partial charge in [0.25, 0.3) is 5.91 Å². The second-order valence-corrected chi connectivity index (χ2v) is 2.06. The number of carbonyl (C=O) groups excluding carboxylic acids is 1. The van der Waals surface area contributed by atoms with E-state index in [9.17, 15) is 4.79 Å². The van der Waals surface area contributed by atoms with E-state index in [0.717, 1.165) is 11.5 Å². The van der Waals surface area contributed by atoms with Crippen LogP contribution in [0.3, 0.4) is 0 Å². The summed E-state index contributed by atoms with van der Waals surface area (Å²) in [5.74, 6) is -0.641. The molecule has 10 heavy (non-hydrogen) atoms. The van der Waals surface area contributed by atoms with Gasteiger partial charge in [-0.15, -0.1) is 5.10 Å². The van der Waals surface area contributed by atoms with Gasteiger partial charge in [-0.1, -0.05) is 4.49 Å². The molecule has 0 atom stereocenters. The van der Waals surface area contributed by atoms with Crippen molar-refractivity contribution in [3.63, 3.8) is 0 Å². The van der Waals surface area contributed by atoms with E-state index in [-0.39, 0.29) is 4.88 Å². The van der Waals surface area contributed by atoms with Crippen molar-refractivity contribution in [2.45, 2.75) is 0 Å². The summed E-state index contributed by atoms with van der Waals surface area (Å²) in [6.45, 7) is 0. The fourth-order valence-electron chi connectivity index (χ4n) is 0.351. The Morgan fingerprint density at radius 1 is 1.90 bits per heavy atom. The number of azide groups is 1. The highest BCUT2D eigenvalue weighted by Gasteiger charge is 2.03. The number of amides is 1. The van der Waals surface area contributed by atoms with Gasteiger partial charge in [0.15, 0.2) is 0 Å². The molecule has 6 nitrogen and oxygen atoms in total. The number of rotatable bonds is 1. The lowest BCUT2D eigenvalue weighted by Crippen LogP contribution is -1.86. The zero-order chi connectivity index (χ0) is 7.40. The molecule has 0 bridgehead atoms. The van der Waals surface area contributed by atoms with E-state index in [1.165, 1.54) is 6.20 Å². The molecule has 1 amide bonds. The van der Waals surface area contributed by atoms with E-state index in [1.54, 1.807) is 0 Å². The van der Waals surface area contributed by atoms with Crippen molar-refractivity contribution in [1.82, 2.24) is 9.59 Å². The Morgan fingerprint density at radius 2 is 2.70 bits per heavy atom. The summed E-state index contributed by atoms with van der Waals surface area (Å²) in [6.07, 6.45) is 1.25. The van der Waals surface area contributed by atoms with Crippen LogP contribution in [0.4, 0.5) is 0 Å². The highest BCUT2D eigenvalue weighted by Crippen LogP contribution is 2.03. The number of carbonyl (C=O) groups is 1. The van der Waals surface area contributed by atoms with Crippen LogP contribution in [0.1, 0.15) is 9.67 Å². The minimum atomic E-state index is -0.641. The molecule has 50 valence electrons. The number of hydrogen-bond acceptors (Lipinski definition) is 4. The third kappa shape index (κ3) is 1.28. The van der Waals surface area contributed by atoms with Crippen LogP contribution in [0.15, 0.2) is 11.3 Å². The molecule has 0 saturated heterocycles. The molecule has 0 fully saturated rings. The first-order chi connectivity index (χ1) is 4.84. The molecule has 1 heterocycles. The molecular weight excluding hydrogens is 154 g/mol. The molecule has 0 aliphatic carbocycles. The van der Waals surface area contributed by atoms with Crippen LogP contribution in [0.5, 0.6) is 0 Å². The van der Waals surface area contributed by atoms with Gasteiger partial charge in [0.1, 0.15) is 4.88 Å². The molecule has 0 aliphatic rings. The summed E-state index contributed by atoms with van der Waals surface area (Å²) >= 11 is 0.895. The highest BCUT2D eigenvalue weighted by molar-refractivity contribution is 7.07. The second kappa shape index (κ2) is 2.90. The zero-order valence-corrected chi connectivity index (χ0v) is 5.45. The van der Waals surface area contributed by atoms with Crippen molar-refractivity contribution in [3.05, 3.63) is 21.5 Å². The van der Waals surface area contributed by atoms with Crippen molar-refractivity contribution >= 4 is 17.4 Å². The number of hydrogen-bond donors (Lipinski definition) is 0. The monoisotopic (exact) mass is 155 g/mol. The standard InChI is InChI=1S/C3HN5OS/c4-7-6-3(9)2-1-5-8-10-2/h1H. The van der Waals surface area contributed by atoms with Crippen molar-refractivity contribution in [1.29, 1.82) is 0 Å². The van der Waals surface area contributed by atoms with Gasteiger partial charge in [0.2, 0.25) is 0 Å². The molecule has 0 radical (unpaired) electrons. The lowest BCUT2D eigenvalue weighted by molar-refractivity contribution is 0.100. The molecular formula is C3HN5OS. The topological polar surface area (TPSA) is 91.6 Å². The zero-order valence-electron chi connectivity index (χ0n) is 4.63. The number of aromatic nitrogens is 2. The van der Waals surface area contributed by atoms with Gasteiger partial charge in [0, 0.05) is 4.91 Å². The maximum absolute atomic E-state index is 10.6. The van der Waals surface area contributed by atoms with Crippen LogP contribution in [0, 0.1) is 0 Å². The fraction of sp³-hybridized carbons (Fsp3) is 0. The van der Waals surface area contributed by atoms with Crippen LogP contribution in [-0.4, -0.2) is 15.5 Å². The molecule has 0 N–H and O–H groups in total. The Morgan fingerprint density at radius 3 is 3.20 bits per heavy atom. The summed E-state index contributed by atoms with van der Waals surface area (Å²) < 4.78 is 3.41. The molecule has 0 aliphatic heterocycles. The van der Waals surface area contributed by atoms with E-state index < -0.39 is 5.91 Å². The average Bonchev–Trinajstić information content (AvgIpc) is 2.38. The summed E-state index contributed by atoms with van der Waals surface area (Å²) in [6, 6.07) is 0. The quantitative estimate of drug-likeness (QED) is 0.344. The summed E-state index contributed by atoms with van der Waals surface area (Å²) in [5, 5.41) is 6.23.